The number of rotatable bonds is 3. The van der Waals surface area contributed by atoms with Gasteiger partial charge in [-0.25, -0.2) is 0 Å². The minimum Gasteiger partial charge on any atom is -0.463 e. The molecule has 1 rings (SSSR count). The van der Waals surface area contributed by atoms with Crippen LogP contribution in [0.1, 0.15) is 6.92 Å². The smallest absolute Gasteiger partial charge is 0.302 e. The summed E-state index contributed by atoms with van der Waals surface area (Å²) in [6.07, 6.45) is -4.15. The van der Waals surface area contributed by atoms with Crippen molar-refractivity contribution in [2.75, 3.05) is 13.2 Å². The third kappa shape index (κ3) is 2.65. The largest absolute Gasteiger partial charge is 0.463 e. The summed E-state index contributed by atoms with van der Waals surface area (Å²) in [5.41, 5.74) is 0. The van der Waals surface area contributed by atoms with E-state index in [-0.39, 0.29) is 13.2 Å². The van der Waals surface area contributed by atoms with Gasteiger partial charge >= 0.3 is 5.97 Å². The molecule has 0 radical (unpaired) electrons. The van der Waals surface area contributed by atoms with Gasteiger partial charge in [-0.3, -0.25) is 4.79 Å². The Balaban J connectivity index is 2.37. The van der Waals surface area contributed by atoms with Crippen molar-refractivity contribution in [3.63, 3.8) is 0 Å². The first-order chi connectivity index (χ1) is 6.52. The molecule has 0 spiro atoms. The van der Waals surface area contributed by atoms with E-state index in [4.69, 9.17) is 9.84 Å². The van der Waals surface area contributed by atoms with Crippen molar-refractivity contribution in [1.29, 1.82) is 0 Å². The van der Waals surface area contributed by atoms with Crippen LogP contribution in [0.4, 0.5) is 0 Å². The zero-order valence-corrected chi connectivity index (χ0v) is 7.79. The van der Waals surface area contributed by atoms with Crippen molar-refractivity contribution in [3.05, 3.63) is 0 Å². The molecule has 0 amide bonds. The minimum atomic E-state index is -1.14. The van der Waals surface area contributed by atoms with Gasteiger partial charge in [0.05, 0.1) is 6.61 Å². The first kappa shape index (κ1) is 11.4. The fourth-order valence-corrected chi connectivity index (χ4v) is 1.26. The SMILES string of the molecule is CC(=O)OCC(O)C1OC[C@@H](O)[C@@H]1O. The van der Waals surface area contributed by atoms with Crippen LogP contribution in [0.2, 0.25) is 0 Å². The highest BCUT2D eigenvalue weighted by molar-refractivity contribution is 5.65. The summed E-state index contributed by atoms with van der Waals surface area (Å²) in [5, 5.41) is 27.8. The molecule has 0 aromatic rings. The number of esters is 1. The second kappa shape index (κ2) is 4.70. The second-order valence-corrected chi connectivity index (χ2v) is 3.23. The maximum atomic E-state index is 10.4. The fourth-order valence-electron chi connectivity index (χ4n) is 1.26. The van der Waals surface area contributed by atoms with Crippen LogP contribution < -0.4 is 0 Å². The average molecular weight is 206 g/mol. The highest BCUT2D eigenvalue weighted by Crippen LogP contribution is 2.17. The first-order valence-corrected chi connectivity index (χ1v) is 4.31. The topological polar surface area (TPSA) is 96.2 Å². The molecule has 6 nitrogen and oxygen atoms in total. The van der Waals surface area contributed by atoms with Crippen LogP contribution >= 0.6 is 0 Å². The van der Waals surface area contributed by atoms with Gasteiger partial charge in [0, 0.05) is 6.92 Å². The monoisotopic (exact) mass is 206 g/mol. The van der Waals surface area contributed by atoms with E-state index in [1.54, 1.807) is 0 Å². The normalized spacial score (nSPS) is 34.1. The van der Waals surface area contributed by atoms with Gasteiger partial charge < -0.3 is 24.8 Å². The van der Waals surface area contributed by atoms with E-state index >= 15 is 0 Å². The summed E-state index contributed by atoms with van der Waals surface area (Å²) in [5.74, 6) is -0.517. The van der Waals surface area contributed by atoms with E-state index in [1.807, 2.05) is 0 Å². The summed E-state index contributed by atoms with van der Waals surface area (Å²) in [4.78, 5) is 10.4. The summed E-state index contributed by atoms with van der Waals surface area (Å²) in [6.45, 7) is 0.945. The van der Waals surface area contributed by atoms with Crippen molar-refractivity contribution in [3.8, 4) is 0 Å². The van der Waals surface area contributed by atoms with Crippen LogP contribution in [-0.2, 0) is 14.3 Å². The average Bonchev–Trinajstić information content (AvgIpc) is 2.44. The van der Waals surface area contributed by atoms with Crippen molar-refractivity contribution in [2.24, 2.45) is 0 Å². The second-order valence-electron chi connectivity index (χ2n) is 3.23. The van der Waals surface area contributed by atoms with Crippen LogP contribution in [0.25, 0.3) is 0 Å². The molecular weight excluding hydrogens is 192 g/mol. The van der Waals surface area contributed by atoms with Crippen molar-refractivity contribution in [2.45, 2.75) is 31.3 Å². The van der Waals surface area contributed by atoms with Crippen LogP contribution in [0.15, 0.2) is 0 Å². The number of carbonyl (C=O) groups is 1. The van der Waals surface area contributed by atoms with Crippen molar-refractivity contribution < 1.29 is 29.6 Å². The Morgan fingerprint density at radius 1 is 1.64 bits per heavy atom. The molecule has 4 atom stereocenters. The Labute approximate surface area is 81.1 Å². The molecule has 0 aromatic heterocycles. The van der Waals surface area contributed by atoms with Crippen LogP contribution in [0.5, 0.6) is 0 Å². The van der Waals surface area contributed by atoms with Crippen molar-refractivity contribution >= 4 is 5.97 Å². The Bertz CT molecular complexity index is 206. The van der Waals surface area contributed by atoms with E-state index in [1.165, 1.54) is 6.92 Å². The molecule has 6 heteroatoms. The number of ether oxygens (including phenoxy) is 2. The molecule has 82 valence electrons. The van der Waals surface area contributed by atoms with Gasteiger partial charge in [0.25, 0.3) is 0 Å². The zero-order chi connectivity index (χ0) is 10.7. The first-order valence-electron chi connectivity index (χ1n) is 4.31. The molecule has 2 unspecified atom stereocenters. The minimum absolute atomic E-state index is 0.0248. The fraction of sp³-hybridized carbons (Fsp3) is 0.875. The molecule has 1 aliphatic rings. The highest BCUT2D eigenvalue weighted by atomic mass is 16.6. The van der Waals surface area contributed by atoms with Gasteiger partial charge in [-0.2, -0.15) is 0 Å². The van der Waals surface area contributed by atoms with E-state index in [0.717, 1.165) is 0 Å². The predicted molar refractivity (Wildman–Crippen MR) is 44.4 cm³/mol. The highest BCUT2D eigenvalue weighted by Gasteiger charge is 2.39. The molecule has 1 fully saturated rings. The third-order valence-corrected chi connectivity index (χ3v) is 2.03. The number of hydrogen-bond acceptors (Lipinski definition) is 6. The zero-order valence-electron chi connectivity index (χ0n) is 7.79. The van der Waals surface area contributed by atoms with E-state index in [9.17, 15) is 15.0 Å². The van der Waals surface area contributed by atoms with Crippen LogP contribution in [0, 0.1) is 0 Å². The number of aliphatic hydroxyl groups is 3. The number of aliphatic hydroxyl groups excluding tert-OH is 3. The molecule has 0 aliphatic carbocycles. The van der Waals surface area contributed by atoms with Crippen molar-refractivity contribution in [1.82, 2.24) is 0 Å². The van der Waals surface area contributed by atoms with Gasteiger partial charge in [0.15, 0.2) is 0 Å². The Morgan fingerprint density at radius 2 is 2.29 bits per heavy atom. The predicted octanol–water partition coefficient (Wildman–Crippen LogP) is -1.97. The lowest BCUT2D eigenvalue weighted by Crippen LogP contribution is -2.41. The summed E-state index contributed by atoms with van der Waals surface area (Å²) in [7, 11) is 0. The molecular formula is C8H14O6. The molecule has 0 bridgehead atoms. The molecule has 0 aromatic carbocycles. The molecule has 1 saturated heterocycles. The molecule has 14 heavy (non-hydrogen) atoms. The van der Waals surface area contributed by atoms with Crippen LogP contribution in [0.3, 0.4) is 0 Å². The van der Waals surface area contributed by atoms with Gasteiger partial charge in [0.1, 0.15) is 31.0 Å². The number of carbonyl (C=O) groups excluding carboxylic acids is 1. The van der Waals surface area contributed by atoms with E-state index < -0.39 is 30.4 Å². The standard InChI is InChI=1S/C8H14O6/c1-4(9)13-3-6(11)8-7(12)5(10)2-14-8/h5-8,10-12H,2-3H2,1H3/t5-,6?,7+,8?/m1/s1. The Morgan fingerprint density at radius 3 is 2.71 bits per heavy atom. The maximum absolute atomic E-state index is 10.4. The molecule has 1 heterocycles. The summed E-state index contributed by atoms with van der Waals surface area (Å²) < 4.78 is 9.47. The third-order valence-electron chi connectivity index (χ3n) is 2.03. The number of hydrogen-bond donors (Lipinski definition) is 3. The van der Waals surface area contributed by atoms with E-state index in [2.05, 4.69) is 4.74 Å². The molecule has 3 N–H and O–H groups in total. The van der Waals surface area contributed by atoms with Gasteiger partial charge in [-0.05, 0) is 0 Å². The van der Waals surface area contributed by atoms with Crippen LogP contribution in [-0.4, -0.2) is 58.9 Å². The van der Waals surface area contributed by atoms with Gasteiger partial charge in [0.2, 0.25) is 0 Å². The van der Waals surface area contributed by atoms with Gasteiger partial charge in [-0.15, -0.1) is 0 Å². The van der Waals surface area contributed by atoms with E-state index in [0.29, 0.717) is 0 Å². The summed E-state index contributed by atoms with van der Waals surface area (Å²) >= 11 is 0. The lowest BCUT2D eigenvalue weighted by molar-refractivity contribution is -0.148. The Hall–Kier alpha value is -0.690. The Kier molecular flexibility index (Phi) is 3.82. The lowest BCUT2D eigenvalue weighted by atomic mass is 10.1. The quantitative estimate of drug-likeness (QED) is 0.464. The lowest BCUT2D eigenvalue weighted by Gasteiger charge is -2.20. The molecule has 1 aliphatic heterocycles. The van der Waals surface area contributed by atoms with Gasteiger partial charge in [-0.1, -0.05) is 0 Å². The summed E-state index contributed by atoms with van der Waals surface area (Å²) in [6, 6.07) is 0. The maximum Gasteiger partial charge on any atom is 0.302 e. The molecule has 0 saturated carbocycles.